The van der Waals surface area contributed by atoms with E-state index in [9.17, 15) is 4.79 Å². The van der Waals surface area contributed by atoms with Gasteiger partial charge < -0.3 is 10.3 Å². The lowest BCUT2D eigenvalue weighted by Crippen LogP contribution is -2.20. The van der Waals surface area contributed by atoms with Crippen molar-refractivity contribution < 1.29 is 0 Å². The molecule has 4 nitrogen and oxygen atoms in total. The van der Waals surface area contributed by atoms with E-state index in [-0.39, 0.29) is 5.56 Å². The van der Waals surface area contributed by atoms with Gasteiger partial charge in [0.15, 0.2) is 0 Å². The van der Waals surface area contributed by atoms with E-state index in [2.05, 4.69) is 15.3 Å². The van der Waals surface area contributed by atoms with Crippen LogP contribution >= 0.6 is 0 Å². The Labute approximate surface area is 94.5 Å². The Morgan fingerprint density at radius 2 is 2.25 bits per heavy atom. The van der Waals surface area contributed by atoms with Crippen molar-refractivity contribution in [2.45, 2.75) is 38.1 Å². The fraction of sp³-hybridized carbons (Fsp3) is 0.667. The molecule has 1 aliphatic carbocycles. The highest BCUT2D eigenvalue weighted by Gasteiger charge is 2.24. The van der Waals surface area contributed by atoms with E-state index < -0.39 is 0 Å². The van der Waals surface area contributed by atoms with Gasteiger partial charge in [-0.05, 0) is 38.1 Å². The second-order valence-electron chi connectivity index (χ2n) is 4.91. The number of nitrogens with zero attached hydrogens (tertiary/aromatic N) is 1. The van der Waals surface area contributed by atoms with Crippen LogP contribution in [0.15, 0.2) is 10.9 Å². The van der Waals surface area contributed by atoms with Gasteiger partial charge in [-0.15, -0.1) is 0 Å². The monoisotopic (exact) mass is 219 g/mol. The fourth-order valence-corrected chi connectivity index (χ4v) is 2.34. The zero-order valence-electron chi connectivity index (χ0n) is 9.33. The third-order valence-corrected chi connectivity index (χ3v) is 3.41. The summed E-state index contributed by atoms with van der Waals surface area (Å²) in [7, 11) is 0. The molecule has 86 valence electrons. The molecule has 0 radical (unpaired) electrons. The van der Waals surface area contributed by atoms with Gasteiger partial charge in [-0.3, -0.25) is 4.79 Å². The third-order valence-electron chi connectivity index (χ3n) is 3.41. The molecule has 1 saturated heterocycles. The van der Waals surface area contributed by atoms with Gasteiger partial charge in [0.1, 0.15) is 5.82 Å². The van der Waals surface area contributed by atoms with Crippen LogP contribution in [0.5, 0.6) is 0 Å². The predicted molar refractivity (Wildman–Crippen MR) is 61.3 cm³/mol. The van der Waals surface area contributed by atoms with Crippen molar-refractivity contribution in [3.63, 3.8) is 0 Å². The van der Waals surface area contributed by atoms with Crippen molar-refractivity contribution in [2.75, 3.05) is 6.54 Å². The predicted octanol–water partition coefficient (Wildman–Crippen LogP) is 1.15. The van der Waals surface area contributed by atoms with Gasteiger partial charge in [0.05, 0.1) is 5.69 Å². The Hall–Kier alpha value is -1.16. The standard InChI is InChI=1S/C12H17N3O/c16-12-7-10(9-2-1-5-13-9)14-11(15-12)6-8-3-4-8/h7-9,13H,1-6H2,(H,14,15,16). The van der Waals surface area contributed by atoms with Gasteiger partial charge in [-0.25, -0.2) is 4.98 Å². The molecule has 2 N–H and O–H groups in total. The van der Waals surface area contributed by atoms with Gasteiger partial charge in [0, 0.05) is 18.5 Å². The van der Waals surface area contributed by atoms with Gasteiger partial charge >= 0.3 is 0 Å². The van der Waals surface area contributed by atoms with Crippen molar-refractivity contribution in [3.05, 3.63) is 27.9 Å². The Kier molecular flexibility index (Phi) is 2.52. The largest absolute Gasteiger partial charge is 0.311 e. The highest BCUT2D eigenvalue weighted by Crippen LogP contribution is 2.31. The molecule has 3 rings (SSSR count). The molecule has 2 aliphatic rings. The average Bonchev–Trinajstić information content (AvgIpc) is 2.90. The maximum atomic E-state index is 11.5. The summed E-state index contributed by atoms with van der Waals surface area (Å²) in [5.74, 6) is 1.63. The molecule has 0 amide bonds. The van der Waals surface area contributed by atoms with Crippen LogP contribution in [0.25, 0.3) is 0 Å². The number of hydrogen-bond donors (Lipinski definition) is 2. The maximum absolute atomic E-state index is 11.5. The summed E-state index contributed by atoms with van der Waals surface area (Å²) < 4.78 is 0. The minimum Gasteiger partial charge on any atom is -0.311 e. The van der Waals surface area contributed by atoms with Crippen molar-refractivity contribution in [1.29, 1.82) is 0 Å². The van der Waals surface area contributed by atoms with E-state index >= 15 is 0 Å². The first-order valence-electron chi connectivity index (χ1n) is 6.15. The lowest BCUT2D eigenvalue weighted by molar-refractivity contribution is 0.613. The summed E-state index contributed by atoms with van der Waals surface area (Å²) in [6.07, 6.45) is 5.79. The van der Waals surface area contributed by atoms with Crippen molar-refractivity contribution in [3.8, 4) is 0 Å². The van der Waals surface area contributed by atoms with E-state index in [0.717, 1.165) is 36.8 Å². The Bertz CT molecular complexity index is 430. The minimum atomic E-state index is -0.00523. The van der Waals surface area contributed by atoms with Crippen LogP contribution in [-0.4, -0.2) is 16.5 Å². The van der Waals surface area contributed by atoms with Crippen LogP contribution in [0, 0.1) is 5.92 Å². The van der Waals surface area contributed by atoms with Gasteiger partial charge in [0.25, 0.3) is 5.56 Å². The first-order chi connectivity index (χ1) is 7.81. The zero-order valence-corrected chi connectivity index (χ0v) is 9.33. The molecule has 16 heavy (non-hydrogen) atoms. The number of H-pyrrole nitrogens is 1. The normalized spacial score (nSPS) is 24.9. The molecular weight excluding hydrogens is 202 g/mol. The van der Waals surface area contributed by atoms with E-state index in [0.29, 0.717) is 6.04 Å². The summed E-state index contributed by atoms with van der Waals surface area (Å²) in [6.45, 7) is 1.04. The van der Waals surface area contributed by atoms with Crippen LogP contribution < -0.4 is 10.9 Å². The minimum absolute atomic E-state index is 0.00523. The van der Waals surface area contributed by atoms with E-state index in [4.69, 9.17) is 0 Å². The Morgan fingerprint density at radius 3 is 2.94 bits per heavy atom. The summed E-state index contributed by atoms with van der Waals surface area (Å²) in [5, 5.41) is 3.38. The second-order valence-corrected chi connectivity index (χ2v) is 4.91. The quantitative estimate of drug-likeness (QED) is 0.801. The zero-order chi connectivity index (χ0) is 11.0. The molecule has 1 aliphatic heterocycles. The Balaban J connectivity index is 1.85. The third kappa shape index (κ3) is 2.16. The molecular formula is C12H17N3O. The number of rotatable bonds is 3. The van der Waals surface area contributed by atoms with Crippen LogP contribution in [-0.2, 0) is 6.42 Å². The lowest BCUT2D eigenvalue weighted by Gasteiger charge is -2.10. The molecule has 1 unspecified atom stereocenters. The smallest absolute Gasteiger partial charge is 0.251 e. The number of nitrogens with one attached hydrogen (secondary N) is 2. The van der Waals surface area contributed by atoms with E-state index in [1.807, 2.05) is 0 Å². The molecule has 2 heterocycles. The van der Waals surface area contributed by atoms with Crippen LogP contribution in [0.2, 0.25) is 0 Å². The summed E-state index contributed by atoms with van der Waals surface area (Å²) in [6, 6.07) is 1.93. The summed E-state index contributed by atoms with van der Waals surface area (Å²) in [5.41, 5.74) is 0.922. The Morgan fingerprint density at radius 1 is 1.38 bits per heavy atom. The van der Waals surface area contributed by atoms with Crippen LogP contribution in [0.3, 0.4) is 0 Å². The molecule has 1 atom stereocenters. The van der Waals surface area contributed by atoms with Crippen LogP contribution in [0.4, 0.5) is 0 Å². The molecule has 0 aromatic carbocycles. The van der Waals surface area contributed by atoms with E-state index in [1.54, 1.807) is 6.07 Å². The number of hydrogen-bond acceptors (Lipinski definition) is 3. The SMILES string of the molecule is O=c1cc(C2CCCN2)nc(CC2CC2)[nH]1. The highest BCUT2D eigenvalue weighted by atomic mass is 16.1. The fourth-order valence-electron chi connectivity index (χ4n) is 2.34. The highest BCUT2D eigenvalue weighted by molar-refractivity contribution is 5.10. The summed E-state index contributed by atoms with van der Waals surface area (Å²) in [4.78, 5) is 19.0. The molecule has 2 fully saturated rings. The van der Waals surface area contributed by atoms with Crippen molar-refractivity contribution >= 4 is 0 Å². The van der Waals surface area contributed by atoms with Crippen molar-refractivity contribution in [1.82, 2.24) is 15.3 Å². The molecule has 1 aromatic rings. The van der Waals surface area contributed by atoms with Crippen molar-refractivity contribution in [2.24, 2.45) is 5.92 Å². The van der Waals surface area contributed by atoms with Gasteiger partial charge in [0.2, 0.25) is 0 Å². The first kappa shape index (κ1) is 10.0. The molecule has 1 aromatic heterocycles. The van der Waals surface area contributed by atoms with Gasteiger partial charge in [-0.1, -0.05) is 0 Å². The topological polar surface area (TPSA) is 57.8 Å². The van der Waals surface area contributed by atoms with Crippen LogP contribution in [0.1, 0.15) is 43.2 Å². The molecule has 0 bridgehead atoms. The average molecular weight is 219 g/mol. The molecule has 4 heteroatoms. The second kappa shape index (κ2) is 4.01. The van der Waals surface area contributed by atoms with E-state index in [1.165, 1.54) is 19.3 Å². The summed E-state index contributed by atoms with van der Waals surface area (Å²) >= 11 is 0. The lowest BCUT2D eigenvalue weighted by atomic mass is 10.1. The molecule has 0 spiro atoms. The van der Waals surface area contributed by atoms with Gasteiger partial charge in [-0.2, -0.15) is 0 Å². The molecule has 1 saturated carbocycles. The number of aromatic nitrogens is 2. The number of aromatic amines is 1. The maximum Gasteiger partial charge on any atom is 0.251 e. The first-order valence-corrected chi connectivity index (χ1v) is 6.15.